The average molecular weight is 219 g/mol. The molecule has 0 rings (SSSR count). The highest BCUT2D eigenvalue weighted by Crippen LogP contribution is 2.08. The summed E-state index contributed by atoms with van der Waals surface area (Å²) in [7, 11) is 0. The molecule has 82 valence electrons. The number of nitrogens with one attached hydrogen (secondary N) is 1. The second kappa shape index (κ2) is 5.24. The fourth-order valence-corrected chi connectivity index (χ4v) is 1.04. The Morgan fingerprint density at radius 1 is 1.43 bits per heavy atom. The third-order valence-electron chi connectivity index (χ3n) is 1.25. The molecule has 0 heterocycles. The van der Waals surface area contributed by atoms with Crippen LogP contribution in [0.25, 0.3) is 0 Å². The zero-order valence-electron chi connectivity index (χ0n) is 8.96. The number of carbonyl (C=O) groups excluding carboxylic acids is 2. The van der Waals surface area contributed by atoms with Crippen molar-refractivity contribution < 1.29 is 14.3 Å². The predicted molar refractivity (Wildman–Crippen MR) is 57.3 cm³/mol. The lowest BCUT2D eigenvalue weighted by molar-refractivity contribution is -0.157. The van der Waals surface area contributed by atoms with Crippen LogP contribution in [0.3, 0.4) is 0 Å². The quantitative estimate of drug-likeness (QED) is 0.544. The Bertz CT molecular complexity index is 223. The zero-order chi connectivity index (χ0) is 11.4. The summed E-state index contributed by atoms with van der Waals surface area (Å²) in [6.45, 7) is 6.66. The SMILES string of the molecule is CC(=O)NC(CS)C(=O)OC(C)(C)C. The van der Waals surface area contributed by atoms with Gasteiger partial charge in [-0.1, -0.05) is 0 Å². The van der Waals surface area contributed by atoms with E-state index >= 15 is 0 Å². The molecule has 1 N–H and O–H groups in total. The summed E-state index contributed by atoms with van der Waals surface area (Å²) in [5.41, 5.74) is -0.545. The number of ether oxygens (including phenoxy) is 1. The van der Waals surface area contributed by atoms with E-state index in [-0.39, 0.29) is 11.7 Å². The van der Waals surface area contributed by atoms with E-state index in [0.29, 0.717) is 0 Å². The van der Waals surface area contributed by atoms with E-state index in [1.807, 2.05) is 0 Å². The molecule has 5 heteroatoms. The number of hydrogen-bond donors (Lipinski definition) is 2. The molecule has 0 saturated carbocycles. The van der Waals surface area contributed by atoms with Crippen molar-refractivity contribution in [3.8, 4) is 0 Å². The largest absolute Gasteiger partial charge is 0.458 e. The standard InChI is InChI=1S/C9H17NO3S/c1-6(11)10-7(5-14)8(12)13-9(2,3)4/h7,14H,5H2,1-4H3,(H,10,11). The fourth-order valence-electron chi connectivity index (χ4n) is 0.797. The molecule has 4 nitrogen and oxygen atoms in total. The molecular weight excluding hydrogens is 202 g/mol. The summed E-state index contributed by atoms with van der Waals surface area (Å²) in [4.78, 5) is 22.2. The molecular formula is C9H17NO3S. The monoisotopic (exact) mass is 219 g/mol. The number of thiol groups is 1. The van der Waals surface area contributed by atoms with Gasteiger partial charge in [0, 0.05) is 12.7 Å². The fraction of sp³-hybridized carbons (Fsp3) is 0.778. The minimum Gasteiger partial charge on any atom is -0.458 e. The number of amides is 1. The highest BCUT2D eigenvalue weighted by Gasteiger charge is 2.24. The van der Waals surface area contributed by atoms with E-state index in [4.69, 9.17) is 4.74 Å². The summed E-state index contributed by atoms with van der Waals surface area (Å²) in [5, 5.41) is 2.46. The smallest absolute Gasteiger partial charge is 0.330 e. The summed E-state index contributed by atoms with van der Waals surface area (Å²) < 4.78 is 5.09. The number of esters is 1. The van der Waals surface area contributed by atoms with Crippen LogP contribution in [0.4, 0.5) is 0 Å². The van der Waals surface area contributed by atoms with Gasteiger partial charge in [-0.2, -0.15) is 12.6 Å². The summed E-state index contributed by atoms with van der Waals surface area (Å²) in [6, 6.07) is -0.671. The summed E-state index contributed by atoms with van der Waals surface area (Å²) in [6.07, 6.45) is 0. The molecule has 0 fully saturated rings. The van der Waals surface area contributed by atoms with Crippen molar-refractivity contribution in [2.45, 2.75) is 39.3 Å². The van der Waals surface area contributed by atoms with Crippen molar-refractivity contribution in [1.29, 1.82) is 0 Å². The second-order valence-corrected chi connectivity index (χ2v) is 4.33. The van der Waals surface area contributed by atoms with Crippen molar-refractivity contribution in [2.75, 3.05) is 5.75 Å². The van der Waals surface area contributed by atoms with Gasteiger partial charge in [0.2, 0.25) is 5.91 Å². The molecule has 1 amide bonds. The van der Waals surface area contributed by atoms with E-state index in [9.17, 15) is 9.59 Å². The van der Waals surface area contributed by atoms with Gasteiger partial charge >= 0.3 is 5.97 Å². The molecule has 1 unspecified atom stereocenters. The van der Waals surface area contributed by atoms with Gasteiger partial charge in [-0.25, -0.2) is 4.79 Å². The Morgan fingerprint density at radius 3 is 2.21 bits per heavy atom. The summed E-state index contributed by atoms with van der Waals surface area (Å²) in [5.74, 6) is -0.494. The van der Waals surface area contributed by atoms with Crippen molar-refractivity contribution in [2.24, 2.45) is 0 Å². The molecule has 0 bridgehead atoms. The molecule has 0 aromatic carbocycles. The number of rotatable bonds is 3. The zero-order valence-corrected chi connectivity index (χ0v) is 9.85. The highest BCUT2D eigenvalue weighted by atomic mass is 32.1. The van der Waals surface area contributed by atoms with E-state index in [1.165, 1.54) is 6.92 Å². The van der Waals surface area contributed by atoms with Crippen LogP contribution in [0.1, 0.15) is 27.7 Å². The Kier molecular flexibility index (Phi) is 4.97. The van der Waals surface area contributed by atoms with Crippen molar-refractivity contribution in [1.82, 2.24) is 5.32 Å². The van der Waals surface area contributed by atoms with Gasteiger partial charge in [-0.3, -0.25) is 4.79 Å². The van der Waals surface area contributed by atoms with Gasteiger partial charge in [0.1, 0.15) is 11.6 Å². The van der Waals surface area contributed by atoms with Crippen LogP contribution in [-0.4, -0.2) is 29.3 Å². The van der Waals surface area contributed by atoms with Crippen molar-refractivity contribution in [3.05, 3.63) is 0 Å². The van der Waals surface area contributed by atoms with Crippen LogP contribution in [0.5, 0.6) is 0 Å². The van der Waals surface area contributed by atoms with Crippen LogP contribution in [0, 0.1) is 0 Å². The first-order valence-electron chi connectivity index (χ1n) is 4.37. The molecule has 0 spiro atoms. The second-order valence-electron chi connectivity index (χ2n) is 3.97. The van der Waals surface area contributed by atoms with Gasteiger partial charge in [0.15, 0.2) is 0 Å². The van der Waals surface area contributed by atoms with E-state index in [1.54, 1.807) is 20.8 Å². The van der Waals surface area contributed by atoms with Crippen molar-refractivity contribution in [3.63, 3.8) is 0 Å². The molecule has 0 aromatic heterocycles. The van der Waals surface area contributed by atoms with Gasteiger partial charge in [-0.05, 0) is 20.8 Å². The van der Waals surface area contributed by atoms with Crippen molar-refractivity contribution >= 4 is 24.5 Å². The maximum atomic E-state index is 11.4. The Labute approximate surface area is 89.8 Å². The van der Waals surface area contributed by atoms with E-state index < -0.39 is 17.6 Å². The normalized spacial score (nSPS) is 13.2. The number of hydrogen-bond acceptors (Lipinski definition) is 4. The number of carbonyl (C=O) groups is 2. The molecule has 0 radical (unpaired) electrons. The molecule has 0 aromatic rings. The summed E-state index contributed by atoms with van der Waals surface area (Å²) >= 11 is 3.96. The van der Waals surface area contributed by atoms with Crippen LogP contribution in [-0.2, 0) is 14.3 Å². The minimum atomic E-state index is -0.671. The Balaban J connectivity index is 4.25. The molecule has 14 heavy (non-hydrogen) atoms. The van der Waals surface area contributed by atoms with Gasteiger partial charge in [0.25, 0.3) is 0 Å². The van der Waals surface area contributed by atoms with Gasteiger partial charge < -0.3 is 10.1 Å². The molecule has 0 aliphatic rings. The van der Waals surface area contributed by atoms with Crippen LogP contribution < -0.4 is 5.32 Å². The first kappa shape index (κ1) is 13.3. The highest BCUT2D eigenvalue weighted by molar-refractivity contribution is 7.80. The van der Waals surface area contributed by atoms with Gasteiger partial charge in [0.05, 0.1) is 0 Å². The Morgan fingerprint density at radius 2 is 1.93 bits per heavy atom. The van der Waals surface area contributed by atoms with Gasteiger partial charge in [-0.15, -0.1) is 0 Å². The first-order chi connectivity index (χ1) is 6.26. The predicted octanol–water partition coefficient (Wildman–Crippen LogP) is 0.763. The molecule has 0 saturated heterocycles. The average Bonchev–Trinajstić information content (AvgIpc) is 1.96. The third-order valence-corrected chi connectivity index (χ3v) is 1.62. The first-order valence-corrected chi connectivity index (χ1v) is 5.00. The maximum Gasteiger partial charge on any atom is 0.330 e. The lowest BCUT2D eigenvalue weighted by atomic mass is 10.2. The Hall–Kier alpha value is -0.710. The lowest BCUT2D eigenvalue weighted by Crippen LogP contribution is -2.44. The van der Waals surface area contributed by atoms with Crippen LogP contribution in [0.15, 0.2) is 0 Å². The third kappa shape index (κ3) is 5.85. The van der Waals surface area contributed by atoms with Crippen LogP contribution in [0.2, 0.25) is 0 Å². The minimum absolute atomic E-state index is 0.231. The maximum absolute atomic E-state index is 11.4. The molecule has 0 aliphatic carbocycles. The molecule has 0 aliphatic heterocycles. The topological polar surface area (TPSA) is 55.4 Å². The molecule has 1 atom stereocenters. The van der Waals surface area contributed by atoms with Crippen LogP contribution >= 0.6 is 12.6 Å². The lowest BCUT2D eigenvalue weighted by Gasteiger charge is -2.23. The van der Waals surface area contributed by atoms with E-state index in [0.717, 1.165) is 0 Å². The van der Waals surface area contributed by atoms with E-state index in [2.05, 4.69) is 17.9 Å².